The number of carbonyl (C=O) groups excluding carboxylic acids is 1. The lowest BCUT2D eigenvalue weighted by Crippen LogP contribution is -2.38. The number of benzene rings is 1. The molecule has 0 unspecified atom stereocenters. The van der Waals surface area contributed by atoms with Crippen molar-refractivity contribution in [2.45, 2.75) is 26.3 Å². The molecule has 6 heteroatoms. The molecule has 3 rings (SSSR count). The average molecular weight is 287 g/mol. The molecule has 2 heterocycles. The number of fused-ring (bicyclic) bond motifs is 1. The minimum atomic E-state index is -0.322. The molecule has 110 valence electrons. The van der Waals surface area contributed by atoms with Crippen LogP contribution in [0.15, 0.2) is 36.4 Å². The molecule has 21 heavy (non-hydrogen) atoms. The summed E-state index contributed by atoms with van der Waals surface area (Å²) in [5.74, 6) is 0. The predicted octanol–water partition coefficient (Wildman–Crippen LogP) is 1.53. The zero-order valence-corrected chi connectivity index (χ0v) is 11.6. The van der Waals surface area contributed by atoms with Crippen molar-refractivity contribution in [3.63, 3.8) is 0 Å². The number of ether oxygens (including phenoxy) is 1. The highest BCUT2D eigenvalue weighted by Crippen LogP contribution is 2.15. The Morgan fingerprint density at radius 1 is 1.29 bits per heavy atom. The van der Waals surface area contributed by atoms with Gasteiger partial charge in [-0.05, 0) is 11.6 Å². The van der Waals surface area contributed by atoms with Crippen molar-refractivity contribution in [2.75, 3.05) is 6.54 Å². The van der Waals surface area contributed by atoms with E-state index in [4.69, 9.17) is 9.84 Å². The Hall–Kier alpha value is -2.34. The van der Waals surface area contributed by atoms with Crippen molar-refractivity contribution in [2.24, 2.45) is 0 Å². The number of aliphatic hydroxyl groups is 1. The lowest BCUT2D eigenvalue weighted by atomic mass is 10.2. The Balaban J connectivity index is 1.59. The molecule has 1 aromatic carbocycles. The molecule has 1 N–H and O–H groups in total. The van der Waals surface area contributed by atoms with E-state index in [1.165, 1.54) is 0 Å². The summed E-state index contributed by atoms with van der Waals surface area (Å²) >= 11 is 0. The molecule has 0 fully saturated rings. The van der Waals surface area contributed by atoms with E-state index < -0.39 is 0 Å². The number of rotatable bonds is 3. The highest BCUT2D eigenvalue weighted by molar-refractivity contribution is 5.67. The van der Waals surface area contributed by atoms with Crippen LogP contribution < -0.4 is 0 Å². The van der Waals surface area contributed by atoms with E-state index in [0.717, 1.165) is 11.3 Å². The molecule has 0 bridgehead atoms. The minimum absolute atomic E-state index is 0.0849. The van der Waals surface area contributed by atoms with Gasteiger partial charge in [0.1, 0.15) is 6.61 Å². The molecule has 1 amide bonds. The van der Waals surface area contributed by atoms with Gasteiger partial charge in [0.05, 0.1) is 31.1 Å². The van der Waals surface area contributed by atoms with Gasteiger partial charge in [0.15, 0.2) is 0 Å². The first-order valence-corrected chi connectivity index (χ1v) is 6.88. The third kappa shape index (κ3) is 3.05. The Morgan fingerprint density at radius 3 is 2.86 bits per heavy atom. The second-order valence-corrected chi connectivity index (χ2v) is 4.97. The van der Waals surface area contributed by atoms with Gasteiger partial charge in [-0.15, -0.1) is 0 Å². The summed E-state index contributed by atoms with van der Waals surface area (Å²) in [6.45, 7) is 1.83. The van der Waals surface area contributed by atoms with Gasteiger partial charge in [-0.25, -0.2) is 4.79 Å². The molecule has 1 aromatic heterocycles. The van der Waals surface area contributed by atoms with E-state index in [0.29, 0.717) is 25.3 Å². The smallest absolute Gasteiger partial charge is 0.410 e. The quantitative estimate of drug-likeness (QED) is 0.929. The highest BCUT2D eigenvalue weighted by Gasteiger charge is 2.23. The van der Waals surface area contributed by atoms with Gasteiger partial charge in [0.2, 0.25) is 0 Å². The molecule has 1 aliphatic rings. The molecule has 6 nitrogen and oxygen atoms in total. The van der Waals surface area contributed by atoms with Gasteiger partial charge < -0.3 is 14.7 Å². The van der Waals surface area contributed by atoms with Crippen LogP contribution in [-0.2, 0) is 31.0 Å². The summed E-state index contributed by atoms with van der Waals surface area (Å²) in [5, 5.41) is 13.3. The van der Waals surface area contributed by atoms with Crippen LogP contribution in [0.3, 0.4) is 0 Å². The molecule has 0 saturated heterocycles. The van der Waals surface area contributed by atoms with Crippen molar-refractivity contribution in [3.8, 4) is 0 Å². The first-order valence-electron chi connectivity index (χ1n) is 6.88. The molecule has 0 aliphatic carbocycles. The van der Waals surface area contributed by atoms with E-state index in [1.54, 1.807) is 4.90 Å². The van der Waals surface area contributed by atoms with E-state index >= 15 is 0 Å². The fourth-order valence-corrected chi connectivity index (χ4v) is 2.37. The molecule has 2 aromatic rings. The second kappa shape index (κ2) is 5.97. The van der Waals surface area contributed by atoms with Crippen LogP contribution in [0, 0.1) is 0 Å². The number of hydrogen-bond donors (Lipinski definition) is 1. The van der Waals surface area contributed by atoms with Crippen molar-refractivity contribution in [1.82, 2.24) is 14.7 Å². The van der Waals surface area contributed by atoms with Gasteiger partial charge in [0.25, 0.3) is 0 Å². The van der Waals surface area contributed by atoms with Gasteiger partial charge >= 0.3 is 6.09 Å². The normalized spacial score (nSPS) is 13.9. The van der Waals surface area contributed by atoms with E-state index in [2.05, 4.69) is 5.10 Å². The molecule has 0 radical (unpaired) electrons. The molecule has 0 spiro atoms. The fraction of sp³-hybridized carbons (Fsp3) is 0.333. The summed E-state index contributed by atoms with van der Waals surface area (Å²) in [6, 6.07) is 11.4. The maximum Gasteiger partial charge on any atom is 0.410 e. The zero-order valence-electron chi connectivity index (χ0n) is 11.6. The Kier molecular flexibility index (Phi) is 3.87. The maximum atomic E-state index is 12.1. The zero-order chi connectivity index (χ0) is 14.7. The van der Waals surface area contributed by atoms with Crippen molar-refractivity contribution in [3.05, 3.63) is 53.3 Å². The first kappa shape index (κ1) is 13.6. The number of hydrogen-bond acceptors (Lipinski definition) is 4. The van der Waals surface area contributed by atoms with E-state index in [1.807, 2.05) is 41.1 Å². The number of carbonyl (C=O) groups is 1. The largest absolute Gasteiger partial charge is 0.445 e. The van der Waals surface area contributed by atoms with Crippen LogP contribution in [0.1, 0.15) is 17.0 Å². The number of aromatic nitrogens is 2. The fourth-order valence-electron chi connectivity index (χ4n) is 2.37. The third-order valence-corrected chi connectivity index (χ3v) is 3.47. The summed E-state index contributed by atoms with van der Waals surface area (Å²) < 4.78 is 7.15. The van der Waals surface area contributed by atoms with E-state index in [-0.39, 0.29) is 19.3 Å². The van der Waals surface area contributed by atoms with Gasteiger partial charge in [-0.2, -0.15) is 5.10 Å². The molecule has 0 saturated carbocycles. The number of amides is 1. The Labute approximate surface area is 122 Å². The van der Waals surface area contributed by atoms with Crippen LogP contribution in [0.4, 0.5) is 4.79 Å². The summed E-state index contributed by atoms with van der Waals surface area (Å²) in [4.78, 5) is 13.7. The first-order chi connectivity index (χ1) is 10.3. The maximum absolute atomic E-state index is 12.1. The molecular formula is C15H17N3O3. The third-order valence-electron chi connectivity index (χ3n) is 3.47. The lowest BCUT2D eigenvalue weighted by molar-refractivity contribution is 0.0858. The van der Waals surface area contributed by atoms with Crippen molar-refractivity contribution < 1.29 is 14.6 Å². The Morgan fingerprint density at radius 2 is 2.10 bits per heavy atom. The number of nitrogens with zero attached hydrogens (tertiary/aromatic N) is 3. The topological polar surface area (TPSA) is 67.6 Å². The van der Waals surface area contributed by atoms with Crippen molar-refractivity contribution >= 4 is 6.09 Å². The molecule has 0 atom stereocenters. The lowest BCUT2D eigenvalue weighted by Gasteiger charge is -2.26. The summed E-state index contributed by atoms with van der Waals surface area (Å²) in [7, 11) is 0. The summed E-state index contributed by atoms with van der Waals surface area (Å²) in [5.41, 5.74) is 2.52. The molecule has 1 aliphatic heterocycles. The van der Waals surface area contributed by atoms with Crippen LogP contribution >= 0.6 is 0 Å². The van der Waals surface area contributed by atoms with Crippen LogP contribution in [0.25, 0.3) is 0 Å². The minimum Gasteiger partial charge on any atom is -0.445 e. The average Bonchev–Trinajstić information content (AvgIpc) is 2.95. The van der Waals surface area contributed by atoms with Crippen LogP contribution in [-0.4, -0.2) is 32.4 Å². The van der Waals surface area contributed by atoms with Gasteiger partial charge in [-0.1, -0.05) is 30.3 Å². The highest BCUT2D eigenvalue weighted by atomic mass is 16.6. The standard InChI is InChI=1S/C15H17N3O3/c19-10-13-8-14-9-17(6-7-18(14)16-13)15(20)21-11-12-4-2-1-3-5-12/h1-5,8,19H,6-7,9-11H2. The Bertz CT molecular complexity index is 624. The van der Waals surface area contributed by atoms with E-state index in [9.17, 15) is 4.79 Å². The SMILES string of the molecule is O=C(OCc1ccccc1)N1CCn2nc(CO)cc2C1. The molecular weight excluding hydrogens is 270 g/mol. The summed E-state index contributed by atoms with van der Waals surface area (Å²) in [6.07, 6.45) is -0.322. The van der Waals surface area contributed by atoms with Crippen LogP contribution in [0.2, 0.25) is 0 Å². The van der Waals surface area contributed by atoms with Gasteiger partial charge in [0, 0.05) is 6.54 Å². The van der Waals surface area contributed by atoms with Crippen molar-refractivity contribution in [1.29, 1.82) is 0 Å². The monoisotopic (exact) mass is 287 g/mol. The van der Waals surface area contributed by atoms with Gasteiger partial charge in [-0.3, -0.25) is 4.68 Å². The number of aliphatic hydroxyl groups excluding tert-OH is 1. The predicted molar refractivity (Wildman–Crippen MR) is 75.2 cm³/mol. The second-order valence-electron chi connectivity index (χ2n) is 4.97. The van der Waals surface area contributed by atoms with Crippen LogP contribution in [0.5, 0.6) is 0 Å².